The molecule has 7 N–H and O–H groups in total. The zero-order valence-corrected chi connectivity index (χ0v) is 50.1. The molecule has 0 fully saturated rings. The van der Waals surface area contributed by atoms with Gasteiger partial charge in [0.1, 0.15) is 45.1 Å². The molecule has 15 heteroatoms. The Kier molecular flexibility index (Phi) is 27.3. The van der Waals surface area contributed by atoms with E-state index in [4.69, 9.17) is 44.8 Å². The molecule has 0 atom stereocenters. The number of nitrogens with zero attached hydrogens (tertiary/aromatic N) is 4. The average molecular weight is 1110 g/mol. The van der Waals surface area contributed by atoms with E-state index in [9.17, 15) is 20.4 Å². The van der Waals surface area contributed by atoms with Crippen LogP contribution >= 0.6 is 0 Å². The van der Waals surface area contributed by atoms with Crippen LogP contribution in [0.25, 0.3) is 43.6 Å². The van der Waals surface area contributed by atoms with Crippen molar-refractivity contribution in [3.63, 3.8) is 0 Å². The monoisotopic (exact) mass is 1110 g/mol. The third kappa shape index (κ3) is 16.4. The minimum atomic E-state index is -0.833. The topological polar surface area (TPSA) is 227 Å². The zero-order valence-electron chi connectivity index (χ0n) is 44.2. The molecule has 13 nitrogen and oxygen atoms in total. The quantitative estimate of drug-likeness (QED) is 0.0447. The second-order valence-corrected chi connectivity index (χ2v) is 17.8. The number of pyridine rings is 4. The molecule has 8 rings (SSSR count). The number of carboxylic acid groups (broad SMARTS) is 2. The molecule has 8 aromatic rings. The number of aliphatic hydroxyl groups is 1. The summed E-state index contributed by atoms with van der Waals surface area (Å²) in [7, 11) is 1.00. The Labute approximate surface area is 460 Å². The summed E-state index contributed by atoms with van der Waals surface area (Å²) in [5.74, 6) is -0.876. The van der Waals surface area contributed by atoms with Gasteiger partial charge in [0.2, 0.25) is 0 Å². The summed E-state index contributed by atoms with van der Waals surface area (Å²) < 4.78 is 0. The third-order valence-electron chi connectivity index (χ3n) is 12.6. The number of aliphatic hydroxyl groups excluding tert-OH is 1. The summed E-state index contributed by atoms with van der Waals surface area (Å²) in [6.45, 7) is 11.0. The molecular formula is C59H72N4O9Zn2. The standard InChI is InChI=1S/2C27H30N2O2.2C2H4O2.CH4O.2Zn/c2*1-3-5-17-27(18-6-4-2,23-15-13-19-9-7-11-21(30)25(19)28-23)24-16-14-20-10-8-12-22(31)26(20)29-24;2*1-2(3)4;1-2;;/h2*7-16,30-31H,3-6,17-18H2,1-2H3;2*1H3,(H,3,4);2H,1H3;;. The molecule has 4 heterocycles. The summed E-state index contributed by atoms with van der Waals surface area (Å²) in [4.78, 5) is 37.9. The van der Waals surface area contributed by atoms with Gasteiger partial charge in [0.15, 0.2) is 0 Å². The van der Waals surface area contributed by atoms with Crippen LogP contribution in [0, 0.1) is 0 Å². The van der Waals surface area contributed by atoms with Crippen molar-refractivity contribution in [2.45, 2.75) is 129 Å². The molecule has 0 unspecified atom stereocenters. The number of hydrogen-bond acceptors (Lipinski definition) is 11. The fourth-order valence-electron chi connectivity index (χ4n) is 9.04. The molecule has 4 aromatic heterocycles. The number of phenolic OH excluding ortho intramolecular Hbond substituents is 4. The number of benzene rings is 4. The number of aliphatic carboxylic acids is 2. The molecule has 0 radical (unpaired) electrons. The fraction of sp³-hybridized carbons (Fsp3) is 0.356. The summed E-state index contributed by atoms with van der Waals surface area (Å²) in [5.41, 5.74) is 5.49. The van der Waals surface area contributed by atoms with Crippen molar-refractivity contribution in [2.75, 3.05) is 7.11 Å². The van der Waals surface area contributed by atoms with Gasteiger partial charge in [-0.2, -0.15) is 0 Å². The van der Waals surface area contributed by atoms with Gasteiger partial charge in [-0.15, -0.1) is 0 Å². The minimum Gasteiger partial charge on any atom is -0.506 e. The van der Waals surface area contributed by atoms with E-state index in [1.165, 1.54) is 0 Å². The first-order valence-electron chi connectivity index (χ1n) is 24.8. The molecule has 0 aliphatic heterocycles. The van der Waals surface area contributed by atoms with Crippen LogP contribution in [0.5, 0.6) is 23.0 Å². The molecule has 0 saturated heterocycles. The van der Waals surface area contributed by atoms with Crippen molar-refractivity contribution in [3.8, 4) is 23.0 Å². The maximum absolute atomic E-state index is 10.5. The van der Waals surface area contributed by atoms with E-state index in [1.54, 1.807) is 24.3 Å². The number of phenols is 4. The minimum absolute atomic E-state index is 0. The van der Waals surface area contributed by atoms with E-state index in [2.05, 4.69) is 52.0 Å². The van der Waals surface area contributed by atoms with Gasteiger partial charge in [0.05, 0.1) is 33.6 Å². The third-order valence-corrected chi connectivity index (χ3v) is 12.6. The summed E-state index contributed by atoms with van der Waals surface area (Å²) in [5, 5.41) is 67.3. The molecule has 0 saturated carbocycles. The number of unbranched alkanes of at least 4 members (excludes halogenated alkanes) is 4. The van der Waals surface area contributed by atoms with E-state index >= 15 is 0 Å². The van der Waals surface area contributed by atoms with Crippen molar-refractivity contribution in [1.29, 1.82) is 0 Å². The first-order valence-corrected chi connectivity index (χ1v) is 24.8. The molecule has 0 amide bonds. The molecule has 0 aliphatic rings. The van der Waals surface area contributed by atoms with Crippen LogP contribution in [-0.4, -0.2) is 74.7 Å². The average Bonchev–Trinajstić information content (AvgIpc) is 3.37. The van der Waals surface area contributed by atoms with Gasteiger partial charge in [-0.25, -0.2) is 19.9 Å². The van der Waals surface area contributed by atoms with Crippen LogP contribution < -0.4 is 0 Å². The Morgan fingerprint density at radius 2 is 0.568 bits per heavy atom. The molecule has 0 aliphatic carbocycles. The molecule has 74 heavy (non-hydrogen) atoms. The Bertz CT molecular complexity index is 2630. The number of para-hydroxylation sites is 4. The van der Waals surface area contributed by atoms with Gasteiger partial charge in [-0.05, 0) is 74.2 Å². The predicted molar refractivity (Wildman–Crippen MR) is 288 cm³/mol. The Morgan fingerprint density at radius 1 is 0.378 bits per heavy atom. The van der Waals surface area contributed by atoms with Crippen LogP contribution in [-0.2, 0) is 59.4 Å². The second kappa shape index (κ2) is 31.6. The number of hydrogen-bond donors (Lipinski definition) is 7. The smallest absolute Gasteiger partial charge is 0.300 e. The van der Waals surface area contributed by atoms with Gasteiger partial charge in [0, 0.05) is 81.5 Å². The second-order valence-electron chi connectivity index (χ2n) is 17.8. The Balaban J connectivity index is 0.000000420. The van der Waals surface area contributed by atoms with Gasteiger partial charge in [-0.3, -0.25) is 9.59 Å². The van der Waals surface area contributed by atoms with Crippen molar-refractivity contribution < 1.29 is 84.3 Å². The molecule has 386 valence electrons. The van der Waals surface area contributed by atoms with E-state index in [-0.39, 0.29) is 72.8 Å². The van der Waals surface area contributed by atoms with E-state index in [0.717, 1.165) is 142 Å². The predicted octanol–water partition coefficient (Wildman–Crippen LogP) is 13.5. The zero-order chi connectivity index (χ0) is 52.8. The van der Waals surface area contributed by atoms with Crippen molar-refractivity contribution in [2.24, 2.45) is 0 Å². The molecule has 0 spiro atoms. The number of fused-ring (bicyclic) bond motifs is 4. The largest absolute Gasteiger partial charge is 0.506 e. The molecule has 4 aromatic carbocycles. The van der Waals surface area contributed by atoms with Crippen LogP contribution in [0.3, 0.4) is 0 Å². The van der Waals surface area contributed by atoms with E-state index in [1.807, 2.05) is 72.8 Å². The Hall–Kier alpha value is -6.13. The number of carboxylic acids is 2. The summed E-state index contributed by atoms with van der Waals surface area (Å²) in [6.07, 6.45) is 12.2. The van der Waals surface area contributed by atoms with E-state index < -0.39 is 11.9 Å². The number of carbonyl (C=O) groups is 2. The number of aromatic hydroxyl groups is 4. The van der Waals surface area contributed by atoms with Crippen LogP contribution in [0.15, 0.2) is 121 Å². The van der Waals surface area contributed by atoms with Crippen molar-refractivity contribution in [3.05, 3.63) is 144 Å². The van der Waals surface area contributed by atoms with Crippen LogP contribution in [0.4, 0.5) is 0 Å². The first kappa shape index (κ1) is 64.0. The maximum Gasteiger partial charge on any atom is 0.300 e. The normalized spacial score (nSPS) is 10.8. The first-order chi connectivity index (χ1) is 34.6. The van der Waals surface area contributed by atoms with Crippen molar-refractivity contribution >= 4 is 55.6 Å². The Morgan fingerprint density at radius 3 is 0.743 bits per heavy atom. The number of rotatable bonds is 16. The maximum atomic E-state index is 10.5. The fourth-order valence-corrected chi connectivity index (χ4v) is 9.04. The van der Waals surface area contributed by atoms with Gasteiger partial charge in [0.25, 0.3) is 11.9 Å². The summed E-state index contributed by atoms with van der Waals surface area (Å²) >= 11 is 0. The van der Waals surface area contributed by atoms with Crippen LogP contribution in [0.1, 0.15) is 141 Å². The van der Waals surface area contributed by atoms with Gasteiger partial charge < -0.3 is 35.7 Å². The van der Waals surface area contributed by atoms with Gasteiger partial charge in [-0.1, -0.05) is 152 Å². The van der Waals surface area contributed by atoms with Crippen LogP contribution in [0.2, 0.25) is 0 Å². The van der Waals surface area contributed by atoms with Crippen molar-refractivity contribution in [1.82, 2.24) is 19.9 Å². The van der Waals surface area contributed by atoms with Gasteiger partial charge >= 0.3 is 0 Å². The number of aromatic nitrogens is 4. The summed E-state index contributed by atoms with van der Waals surface area (Å²) in [6, 6.07) is 38.5. The molecule has 0 bridgehead atoms. The molecular weight excluding hydrogens is 1040 g/mol. The van der Waals surface area contributed by atoms with E-state index in [0.29, 0.717) is 22.1 Å². The SMILES string of the molecule is CC(=O)O.CC(=O)O.CCCCC(CCCC)(c1ccc2cccc(O)c2n1)c1ccc2cccc(O)c2n1.CCCCC(CCCC)(c1ccc2cccc(O)c2n1)c1ccc2cccc(O)c2n1.CO.[Zn].[Zn].